The number of allylic oxidation sites excluding steroid dienone is 10. The average Bonchev–Trinajstić information content (AvgIpc) is 3.43. The van der Waals surface area contributed by atoms with Crippen molar-refractivity contribution in [2.24, 2.45) is 0 Å². The Hall–Kier alpha value is -2.89. The molecule has 0 radical (unpaired) electrons. The smallest absolute Gasteiger partial charge is 0.306 e. The molecule has 1 atom stereocenters. The molecule has 0 heterocycles. The first-order chi connectivity index (χ1) is 38.0. The average molecular weight is 1080 g/mol. The Morgan fingerprint density at radius 3 is 0.792 bits per heavy atom. The number of esters is 3. The van der Waals surface area contributed by atoms with E-state index in [1.165, 1.54) is 218 Å². The van der Waals surface area contributed by atoms with Crippen LogP contribution in [0.3, 0.4) is 0 Å². The summed E-state index contributed by atoms with van der Waals surface area (Å²) >= 11 is 0. The lowest BCUT2D eigenvalue weighted by molar-refractivity contribution is -0.167. The summed E-state index contributed by atoms with van der Waals surface area (Å²) in [6.45, 7) is 6.58. The highest BCUT2D eigenvalue weighted by Gasteiger charge is 2.19. The number of carbonyl (C=O) groups is 3. The summed E-state index contributed by atoms with van der Waals surface area (Å²) in [6, 6.07) is 0. The van der Waals surface area contributed by atoms with E-state index in [2.05, 4.69) is 81.5 Å². The summed E-state index contributed by atoms with van der Waals surface area (Å²) < 4.78 is 17.0. The van der Waals surface area contributed by atoms with E-state index in [0.29, 0.717) is 19.3 Å². The van der Waals surface area contributed by atoms with Crippen LogP contribution in [0.25, 0.3) is 0 Å². The standard InChI is InChI=1S/C71H128O6/c1-4-7-10-13-16-19-22-25-27-29-31-33-35-37-39-41-43-46-49-52-55-58-61-64-70(73)76-67-68(66-75-69(72)63-60-57-54-51-48-45-24-21-18-15-12-9-6-3)77-71(74)65-62-59-56-53-50-47-44-42-40-38-36-34-32-30-28-26-23-20-17-14-11-8-5-2/h7,10,16,19,25,27,31,33,37,39,68H,4-6,8-9,11-15,17-18,20-24,26,28-30,32,34-36,38,40-67H2,1-3H3/b10-7-,19-16-,27-25-,33-31-,39-37-. The van der Waals surface area contributed by atoms with E-state index in [4.69, 9.17) is 14.2 Å². The number of ether oxygens (including phenoxy) is 3. The highest BCUT2D eigenvalue weighted by molar-refractivity contribution is 5.71. The fraction of sp³-hybridized carbons (Fsp3) is 0.817. The van der Waals surface area contributed by atoms with Crippen molar-refractivity contribution in [1.82, 2.24) is 0 Å². The molecule has 0 rings (SSSR count). The first kappa shape index (κ1) is 74.1. The third kappa shape index (κ3) is 63.8. The van der Waals surface area contributed by atoms with E-state index >= 15 is 0 Å². The first-order valence-corrected chi connectivity index (χ1v) is 33.8. The highest BCUT2D eigenvalue weighted by atomic mass is 16.6. The molecular weight excluding hydrogens is 949 g/mol. The van der Waals surface area contributed by atoms with Crippen LogP contribution in [-0.4, -0.2) is 37.2 Å². The fourth-order valence-electron chi connectivity index (χ4n) is 10.0. The molecule has 77 heavy (non-hydrogen) atoms. The summed E-state index contributed by atoms with van der Waals surface area (Å²) in [5, 5.41) is 0. The minimum atomic E-state index is -0.777. The van der Waals surface area contributed by atoms with Gasteiger partial charge in [0.1, 0.15) is 13.2 Å². The van der Waals surface area contributed by atoms with Crippen LogP contribution in [0.15, 0.2) is 60.8 Å². The van der Waals surface area contributed by atoms with E-state index in [9.17, 15) is 14.4 Å². The van der Waals surface area contributed by atoms with Crippen LogP contribution in [0.1, 0.15) is 355 Å². The van der Waals surface area contributed by atoms with Crippen LogP contribution >= 0.6 is 0 Å². The number of rotatable bonds is 62. The molecule has 6 heteroatoms. The van der Waals surface area contributed by atoms with Crippen LogP contribution in [0.4, 0.5) is 0 Å². The molecule has 6 nitrogen and oxygen atoms in total. The lowest BCUT2D eigenvalue weighted by Crippen LogP contribution is -2.30. The van der Waals surface area contributed by atoms with Crippen LogP contribution < -0.4 is 0 Å². The van der Waals surface area contributed by atoms with Gasteiger partial charge in [0.05, 0.1) is 0 Å². The number of carbonyl (C=O) groups excluding carboxylic acids is 3. The van der Waals surface area contributed by atoms with Crippen LogP contribution in [0.5, 0.6) is 0 Å². The zero-order chi connectivity index (χ0) is 55.7. The van der Waals surface area contributed by atoms with Crippen molar-refractivity contribution in [2.75, 3.05) is 13.2 Å². The second-order valence-electron chi connectivity index (χ2n) is 22.7. The van der Waals surface area contributed by atoms with Crippen molar-refractivity contribution in [3.05, 3.63) is 60.8 Å². The van der Waals surface area contributed by atoms with Gasteiger partial charge in [0.25, 0.3) is 0 Å². The fourth-order valence-corrected chi connectivity index (χ4v) is 10.0. The Labute approximate surface area is 479 Å². The Kier molecular flexibility index (Phi) is 63.2. The van der Waals surface area contributed by atoms with Crippen molar-refractivity contribution < 1.29 is 28.6 Å². The molecule has 0 fully saturated rings. The molecule has 0 aliphatic heterocycles. The minimum Gasteiger partial charge on any atom is -0.462 e. The summed E-state index contributed by atoms with van der Waals surface area (Å²) in [5.74, 6) is -0.861. The zero-order valence-electron chi connectivity index (χ0n) is 51.5. The van der Waals surface area contributed by atoms with Crippen molar-refractivity contribution in [1.29, 1.82) is 0 Å². The Bertz CT molecular complexity index is 1380. The molecule has 0 aromatic rings. The third-order valence-electron chi connectivity index (χ3n) is 15.0. The van der Waals surface area contributed by atoms with E-state index in [0.717, 1.165) is 96.3 Å². The number of hydrogen-bond acceptors (Lipinski definition) is 6. The molecule has 0 spiro atoms. The van der Waals surface area contributed by atoms with Crippen molar-refractivity contribution in [3.8, 4) is 0 Å². The van der Waals surface area contributed by atoms with Gasteiger partial charge in [-0.1, -0.05) is 332 Å². The predicted molar refractivity (Wildman–Crippen MR) is 335 cm³/mol. The van der Waals surface area contributed by atoms with Gasteiger partial charge in [0, 0.05) is 19.3 Å². The molecule has 0 N–H and O–H groups in total. The Morgan fingerprint density at radius 2 is 0.506 bits per heavy atom. The maximum Gasteiger partial charge on any atom is 0.306 e. The summed E-state index contributed by atoms with van der Waals surface area (Å²) in [4.78, 5) is 38.4. The van der Waals surface area contributed by atoms with E-state index in [1.807, 2.05) is 0 Å². The van der Waals surface area contributed by atoms with Crippen LogP contribution in [0.2, 0.25) is 0 Å². The molecule has 0 bridgehead atoms. The second-order valence-corrected chi connectivity index (χ2v) is 22.7. The molecule has 0 aliphatic carbocycles. The molecular formula is C71H128O6. The number of hydrogen-bond donors (Lipinski definition) is 0. The quantitative estimate of drug-likeness (QED) is 0.0261. The SMILES string of the molecule is CC/C=C\C/C=C\C/C=C\C/C=C\C/C=C\CCCCCCCCCC(=O)OCC(COC(=O)CCCCCCCCCCCCCCC)OC(=O)CCCCCCCCCCCCCCCCCCCCCCCCC. The molecule has 0 saturated heterocycles. The van der Waals surface area contributed by atoms with E-state index in [-0.39, 0.29) is 31.1 Å². The Morgan fingerprint density at radius 1 is 0.273 bits per heavy atom. The molecule has 0 saturated carbocycles. The summed E-state index contributed by atoms with van der Waals surface area (Å²) in [5.41, 5.74) is 0. The van der Waals surface area contributed by atoms with Crippen molar-refractivity contribution in [2.45, 2.75) is 361 Å². The lowest BCUT2D eigenvalue weighted by atomic mass is 10.0. The van der Waals surface area contributed by atoms with Gasteiger partial charge >= 0.3 is 17.9 Å². The Balaban J connectivity index is 4.29. The monoisotopic (exact) mass is 1080 g/mol. The topological polar surface area (TPSA) is 78.9 Å². The van der Waals surface area contributed by atoms with E-state index in [1.54, 1.807) is 0 Å². The van der Waals surface area contributed by atoms with Gasteiger partial charge in [-0.25, -0.2) is 0 Å². The van der Waals surface area contributed by atoms with Gasteiger partial charge in [-0.05, 0) is 64.2 Å². The van der Waals surface area contributed by atoms with Gasteiger partial charge in [-0.2, -0.15) is 0 Å². The molecule has 448 valence electrons. The van der Waals surface area contributed by atoms with E-state index < -0.39 is 6.10 Å². The van der Waals surface area contributed by atoms with Crippen LogP contribution in [0, 0.1) is 0 Å². The van der Waals surface area contributed by atoms with Gasteiger partial charge in [-0.15, -0.1) is 0 Å². The third-order valence-corrected chi connectivity index (χ3v) is 15.0. The van der Waals surface area contributed by atoms with Gasteiger partial charge in [0.2, 0.25) is 0 Å². The van der Waals surface area contributed by atoms with Gasteiger partial charge in [-0.3, -0.25) is 14.4 Å². The number of unbranched alkanes of at least 4 members (excludes halogenated alkanes) is 41. The molecule has 1 unspecified atom stereocenters. The lowest BCUT2D eigenvalue weighted by Gasteiger charge is -2.18. The summed E-state index contributed by atoms with van der Waals surface area (Å²) in [6.07, 6.45) is 83.8. The van der Waals surface area contributed by atoms with Crippen molar-refractivity contribution >= 4 is 17.9 Å². The zero-order valence-corrected chi connectivity index (χ0v) is 51.5. The van der Waals surface area contributed by atoms with Gasteiger partial charge in [0.15, 0.2) is 6.10 Å². The largest absolute Gasteiger partial charge is 0.462 e. The molecule has 0 aromatic heterocycles. The van der Waals surface area contributed by atoms with Crippen LogP contribution in [-0.2, 0) is 28.6 Å². The summed E-state index contributed by atoms with van der Waals surface area (Å²) in [7, 11) is 0. The highest BCUT2D eigenvalue weighted by Crippen LogP contribution is 2.18. The molecule has 0 amide bonds. The normalized spacial score (nSPS) is 12.4. The molecule has 0 aliphatic rings. The van der Waals surface area contributed by atoms with Crippen molar-refractivity contribution in [3.63, 3.8) is 0 Å². The predicted octanol–water partition coefficient (Wildman–Crippen LogP) is 23.1. The van der Waals surface area contributed by atoms with Gasteiger partial charge < -0.3 is 14.2 Å². The maximum absolute atomic E-state index is 12.9. The minimum absolute atomic E-state index is 0.0726. The first-order valence-electron chi connectivity index (χ1n) is 33.8. The molecule has 0 aromatic carbocycles. The second kappa shape index (κ2) is 65.6. The maximum atomic E-state index is 12.9.